The van der Waals surface area contributed by atoms with Crippen LogP contribution in [-0.4, -0.2) is 33.0 Å². The summed E-state index contributed by atoms with van der Waals surface area (Å²) in [6.07, 6.45) is 1.40. The molecule has 3 nitrogen and oxygen atoms in total. The Morgan fingerprint density at radius 2 is 2.06 bits per heavy atom. The molecule has 0 fully saturated rings. The minimum atomic E-state index is -3.19. The second-order valence-electron chi connectivity index (χ2n) is 4.33. The normalized spacial score (nSPS) is 15.4. The van der Waals surface area contributed by atoms with Crippen LogP contribution in [0.1, 0.15) is 12.5 Å². The molecule has 6 heteroatoms. The molecular formula is C12H17ClFNO2S. The van der Waals surface area contributed by atoms with E-state index in [4.69, 9.17) is 11.6 Å². The number of nitrogens with one attached hydrogen (secondary N) is 1. The van der Waals surface area contributed by atoms with Gasteiger partial charge in [0.2, 0.25) is 0 Å². The molecule has 1 rings (SSSR count). The van der Waals surface area contributed by atoms with Crippen LogP contribution in [0.4, 0.5) is 4.39 Å². The Hall–Kier alpha value is -0.650. The Kier molecular flexibility index (Phi) is 5.13. The monoisotopic (exact) mass is 293 g/mol. The van der Waals surface area contributed by atoms with Crippen LogP contribution in [0.25, 0.3) is 0 Å². The first-order valence-corrected chi connectivity index (χ1v) is 7.89. The molecule has 0 aliphatic carbocycles. The molecule has 2 atom stereocenters. The lowest BCUT2D eigenvalue weighted by atomic mass is 10.0. The maximum atomic E-state index is 13.6. The van der Waals surface area contributed by atoms with Gasteiger partial charge in [-0.3, -0.25) is 0 Å². The van der Waals surface area contributed by atoms with E-state index in [0.29, 0.717) is 10.6 Å². The summed E-state index contributed by atoms with van der Waals surface area (Å²) in [6, 6.07) is 4.06. The van der Waals surface area contributed by atoms with E-state index in [1.54, 1.807) is 20.0 Å². The zero-order valence-electron chi connectivity index (χ0n) is 10.6. The molecule has 0 saturated heterocycles. The summed E-state index contributed by atoms with van der Waals surface area (Å²) in [6.45, 7) is 1.60. The lowest BCUT2D eigenvalue weighted by Gasteiger charge is -2.22. The zero-order valence-corrected chi connectivity index (χ0v) is 12.1. The number of hydrogen-bond acceptors (Lipinski definition) is 3. The molecule has 18 heavy (non-hydrogen) atoms. The molecule has 0 saturated carbocycles. The van der Waals surface area contributed by atoms with Crippen molar-refractivity contribution in [2.24, 2.45) is 0 Å². The molecule has 0 amide bonds. The fourth-order valence-electron chi connectivity index (χ4n) is 1.75. The van der Waals surface area contributed by atoms with Crippen LogP contribution < -0.4 is 5.32 Å². The van der Waals surface area contributed by atoms with E-state index in [0.717, 1.165) is 0 Å². The van der Waals surface area contributed by atoms with E-state index >= 15 is 0 Å². The number of halogens is 2. The van der Waals surface area contributed by atoms with Crippen LogP contribution in [0.3, 0.4) is 0 Å². The topological polar surface area (TPSA) is 46.2 Å². The molecule has 1 aromatic carbocycles. The highest BCUT2D eigenvalue weighted by molar-refractivity contribution is 7.91. The molecular weight excluding hydrogens is 277 g/mol. The number of hydrogen-bond donors (Lipinski definition) is 1. The SMILES string of the molecule is CNC(Cc1c(F)cccc1Cl)C(C)S(C)(=O)=O. The summed E-state index contributed by atoms with van der Waals surface area (Å²) in [5.74, 6) is -0.413. The van der Waals surface area contributed by atoms with Gasteiger partial charge in [0.25, 0.3) is 0 Å². The fraction of sp³-hybridized carbons (Fsp3) is 0.500. The van der Waals surface area contributed by atoms with E-state index < -0.39 is 20.9 Å². The molecule has 0 aromatic heterocycles. The van der Waals surface area contributed by atoms with Crippen LogP contribution >= 0.6 is 11.6 Å². The molecule has 1 N–H and O–H groups in total. The van der Waals surface area contributed by atoms with Gasteiger partial charge >= 0.3 is 0 Å². The Bertz CT molecular complexity index is 499. The summed E-state index contributed by atoms with van der Waals surface area (Å²) in [5, 5.41) is 2.61. The van der Waals surface area contributed by atoms with Gasteiger partial charge in [0, 0.05) is 22.9 Å². The van der Waals surface area contributed by atoms with Gasteiger partial charge in [0.15, 0.2) is 9.84 Å². The van der Waals surface area contributed by atoms with E-state index in [-0.39, 0.29) is 12.5 Å². The average Bonchev–Trinajstić information content (AvgIpc) is 2.27. The lowest BCUT2D eigenvalue weighted by molar-refractivity contribution is 0.504. The Morgan fingerprint density at radius 3 is 2.50 bits per heavy atom. The van der Waals surface area contributed by atoms with Gasteiger partial charge in [-0.2, -0.15) is 0 Å². The smallest absolute Gasteiger partial charge is 0.151 e. The molecule has 0 aliphatic heterocycles. The van der Waals surface area contributed by atoms with Crippen molar-refractivity contribution in [2.75, 3.05) is 13.3 Å². The third kappa shape index (κ3) is 3.67. The average molecular weight is 294 g/mol. The number of rotatable bonds is 5. The summed E-state index contributed by atoms with van der Waals surface area (Å²) in [4.78, 5) is 0. The predicted molar refractivity (Wildman–Crippen MR) is 72.3 cm³/mol. The van der Waals surface area contributed by atoms with Crippen molar-refractivity contribution in [1.29, 1.82) is 0 Å². The quantitative estimate of drug-likeness (QED) is 0.904. The highest BCUT2D eigenvalue weighted by Crippen LogP contribution is 2.22. The van der Waals surface area contributed by atoms with Gasteiger partial charge in [-0.05, 0) is 32.5 Å². The molecule has 2 unspecified atom stereocenters. The van der Waals surface area contributed by atoms with Crippen molar-refractivity contribution in [3.63, 3.8) is 0 Å². The molecule has 0 aliphatic rings. The molecule has 0 spiro atoms. The molecule has 0 bridgehead atoms. The number of sulfone groups is 1. The molecule has 102 valence electrons. The number of benzene rings is 1. The van der Waals surface area contributed by atoms with E-state index in [2.05, 4.69) is 5.32 Å². The zero-order chi connectivity index (χ0) is 13.9. The lowest BCUT2D eigenvalue weighted by Crippen LogP contribution is -2.42. The summed E-state index contributed by atoms with van der Waals surface area (Å²) in [7, 11) is -1.53. The first kappa shape index (κ1) is 15.4. The van der Waals surface area contributed by atoms with Crippen LogP contribution in [-0.2, 0) is 16.3 Å². The predicted octanol–water partition coefficient (Wildman–Crippen LogP) is 2.04. The number of likely N-dealkylation sites (N-methyl/N-ethyl adjacent to an activating group) is 1. The van der Waals surface area contributed by atoms with Crippen molar-refractivity contribution < 1.29 is 12.8 Å². The van der Waals surface area contributed by atoms with E-state index in [9.17, 15) is 12.8 Å². The standard InChI is InChI=1S/C12H17ClFNO2S/c1-8(18(3,16)17)12(15-2)7-9-10(13)5-4-6-11(9)14/h4-6,8,12,15H,7H2,1-3H3. The van der Waals surface area contributed by atoms with Crippen molar-refractivity contribution in [3.8, 4) is 0 Å². The Morgan fingerprint density at radius 1 is 1.44 bits per heavy atom. The van der Waals surface area contributed by atoms with Crippen LogP contribution in [0.5, 0.6) is 0 Å². The van der Waals surface area contributed by atoms with Gasteiger partial charge in [-0.15, -0.1) is 0 Å². The highest BCUT2D eigenvalue weighted by atomic mass is 35.5. The Labute approximate surface area is 112 Å². The Balaban J connectivity index is 3.01. The van der Waals surface area contributed by atoms with Crippen molar-refractivity contribution in [3.05, 3.63) is 34.6 Å². The summed E-state index contributed by atoms with van der Waals surface area (Å²) >= 11 is 5.93. The van der Waals surface area contributed by atoms with Crippen molar-refractivity contribution in [1.82, 2.24) is 5.32 Å². The summed E-state index contributed by atoms with van der Waals surface area (Å²) < 4.78 is 36.7. The second-order valence-corrected chi connectivity index (χ2v) is 7.14. The van der Waals surface area contributed by atoms with Gasteiger partial charge in [0.1, 0.15) is 5.82 Å². The minimum absolute atomic E-state index is 0.232. The fourth-order valence-corrected chi connectivity index (χ4v) is 2.82. The van der Waals surface area contributed by atoms with Crippen molar-refractivity contribution in [2.45, 2.75) is 24.6 Å². The maximum absolute atomic E-state index is 13.6. The van der Waals surface area contributed by atoms with Crippen LogP contribution in [0.2, 0.25) is 5.02 Å². The van der Waals surface area contributed by atoms with E-state index in [1.807, 2.05) is 0 Å². The van der Waals surface area contributed by atoms with Gasteiger partial charge in [0.05, 0.1) is 5.25 Å². The van der Waals surface area contributed by atoms with Gasteiger partial charge in [-0.25, -0.2) is 12.8 Å². The minimum Gasteiger partial charge on any atom is -0.315 e. The van der Waals surface area contributed by atoms with Crippen molar-refractivity contribution >= 4 is 21.4 Å². The van der Waals surface area contributed by atoms with Crippen LogP contribution in [0.15, 0.2) is 18.2 Å². The van der Waals surface area contributed by atoms with Gasteiger partial charge in [-0.1, -0.05) is 17.7 Å². The molecule has 1 aromatic rings. The molecule has 0 radical (unpaired) electrons. The first-order chi connectivity index (χ1) is 8.27. The third-order valence-electron chi connectivity index (χ3n) is 3.10. The second kappa shape index (κ2) is 5.99. The van der Waals surface area contributed by atoms with Gasteiger partial charge < -0.3 is 5.32 Å². The largest absolute Gasteiger partial charge is 0.315 e. The maximum Gasteiger partial charge on any atom is 0.151 e. The van der Waals surface area contributed by atoms with Crippen LogP contribution in [0, 0.1) is 5.82 Å². The molecule has 0 heterocycles. The third-order valence-corrected chi connectivity index (χ3v) is 5.13. The van der Waals surface area contributed by atoms with E-state index in [1.165, 1.54) is 18.4 Å². The highest BCUT2D eigenvalue weighted by Gasteiger charge is 2.26. The first-order valence-electron chi connectivity index (χ1n) is 5.56. The summed E-state index contributed by atoms with van der Waals surface area (Å²) in [5.41, 5.74) is 0.342.